The van der Waals surface area contributed by atoms with Gasteiger partial charge in [-0.25, -0.2) is 9.69 Å². The Bertz CT molecular complexity index is 3370. The lowest BCUT2D eigenvalue weighted by Crippen LogP contribution is -2.05. The zero-order valence-corrected chi connectivity index (χ0v) is 30.9. The third-order valence-corrected chi connectivity index (χ3v) is 10.8. The highest BCUT2D eigenvalue weighted by atomic mass is 19.4. The number of benzene rings is 7. The number of halogens is 3. The van der Waals surface area contributed by atoms with Gasteiger partial charge in [0, 0.05) is 22.0 Å². The molecule has 0 aliphatic rings. The van der Waals surface area contributed by atoms with Crippen LogP contribution < -0.4 is 0 Å². The average molecular weight is 768 g/mol. The molecule has 0 amide bonds. The van der Waals surface area contributed by atoms with Crippen LogP contribution in [0.5, 0.6) is 0 Å². The molecule has 59 heavy (non-hydrogen) atoms. The summed E-state index contributed by atoms with van der Waals surface area (Å²) in [6, 6.07) is 42.8. The second-order valence-corrected chi connectivity index (χ2v) is 14.1. The molecule has 0 atom stereocenters. The molecule has 0 unspecified atom stereocenters. The minimum Gasteiger partial charge on any atom is -0.309 e. The number of rotatable bonds is 4. The molecule has 276 valence electrons. The van der Waals surface area contributed by atoms with Crippen molar-refractivity contribution >= 4 is 55.0 Å². The van der Waals surface area contributed by atoms with Crippen LogP contribution in [0.25, 0.3) is 86.9 Å². The van der Waals surface area contributed by atoms with E-state index in [1.54, 1.807) is 67.6 Å². The summed E-state index contributed by atoms with van der Waals surface area (Å²) in [5.74, 6) is 0. The van der Waals surface area contributed by atoms with E-state index in [1.807, 2.05) is 57.7 Å². The van der Waals surface area contributed by atoms with Crippen LogP contribution in [0, 0.1) is 54.1 Å². The monoisotopic (exact) mass is 767 g/mol. The Kier molecular flexibility index (Phi) is 8.27. The highest BCUT2D eigenvalue weighted by molar-refractivity contribution is 6.12. The van der Waals surface area contributed by atoms with Crippen molar-refractivity contribution in [1.29, 1.82) is 15.8 Å². The first-order chi connectivity index (χ1) is 28.5. The Morgan fingerprint density at radius 2 is 0.983 bits per heavy atom. The molecular formula is C49H24F3N7. The van der Waals surface area contributed by atoms with E-state index in [9.17, 15) is 29.0 Å². The SMILES string of the molecule is [C-]#[N+]c1ccc2c(c1)c1cc(C#N)ccc1n2-c1ccc(-c2ccc(C(F)(F)F)cc2C)c(-c2cc(C#N)ccc2-n2c3ccc(C#N)cc3c3cc([N+]#[C-])ccc32)c1. The third kappa shape index (κ3) is 5.79. The lowest BCUT2D eigenvalue weighted by atomic mass is 9.89. The maximum Gasteiger partial charge on any atom is 0.416 e. The average Bonchev–Trinajstić information content (AvgIpc) is 3.76. The minimum absolute atomic E-state index is 0.347. The molecule has 0 N–H and O–H groups in total. The fraction of sp³-hybridized carbons (Fsp3) is 0.0408. The standard InChI is InChI=1S/C49H24F3N7/c1-28-18-32(49(50,51)52)7-11-36(28)37-12-10-35(58-44-13-4-30(26-54)20-40(44)42-22-33(56-2)8-16-45(42)58)24-38(37)39-19-29(25-53)5-14-46(39)59-47-15-6-31(27-55)21-41(47)43-23-34(57-3)9-17-48(43)59/h4-24H,1H3. The normalized spacial score (nSPS) is 11.3. The maximum absolute atomic E-state index is 13.9. The van der Waals surface area contributed by atoms with Gasteiger partial charge >= 0.3 is 6.18 Å². The number of aromatic nitrogens is 2. The van der Waals surface area contributed by atoms with Crippen LogP contribution >= 0.6 is 0 Å². The van der Waals surface area contributed by atoms with E-state index >= 15 is 0 Å². The van der Waals surface area contributed by atoms with Crippen LogP contribution in [0.4, 0.5) is 24.5 Å². The summed E-state index contributed by atoms with van der Waals surface area (Å²) in [4.78, 5) is 7.29. The largest absolute Gasteiger partial charge is 0.416 e. The van der Waals surface area contributed by atoms with Crippen LogP contribution in [0.3, 0.4) is 0 Å². The summed E-state index contributed by atoms with van der Waals surface area (Å²) >= 11 is 0. The Morgan fingerprint density at radius 3 is 1.51 bits per heavy atom. The second-order valence-electron chi connectivity index (χ2n) is 14.1. The quantitative estimate of drug-likeness (QED) is 0.167. The highest BCUT2D eigenvalue weighted by Crippen LogP contribution is 2.44. The lowest BCUT2D eigenvalue weighted by Gasteiger charge is -2.20. The first-order valence-corrected chi connectivity index (χ1v) is 18.1. The molecule has 9 aromatic rings. The molecule has 0 bridgehead atoms. The Balaban J connectivity index is 1.41. The zero-order valence-electron chi connectivity index (χ0n) is 30.9. The van der Waals surface area contributed by atoms with Gasteiger partial charge in [-0.3, -0.25) is 0 Å². The number of fused-ring (bicyclic) bond motifs is 6. The third-order valence-electron chi connectivity index (χ3n) is 10.8. The molecule has 0 saturated heterocycles. The zero-order chi connectivity index (χ0) is 41.2. The highest BCUT2D eigenvalue weighted by Gasteiger charge is 2.31. The van der Waals surface area contributed by atoms with Crippen molar-refractivity contribution in [3.05, 3.63) is 178 Å². The fourth-order valence-electron chi connectivity index (χ4n) is 8.13. The molecule has 0 spiro atoms. The van der Waals surface area contributed by atoms with Crippen molar-refractivity contribution in [2.75, 3.05) is 0 Å². The van der Waals surface area contributed by atoms with Crippen LogP contribution in [0.1, 0.15) is 27.8 Å². The van der Waals surface area contributed by atoms with Gasteiger partial charge in [-0.05, 0) is 143 Å². The van der Waals surface area contributed by atoms with E-state index in [1.165, 1.54) is 6.07 Å². The topological polar surface area (TPSA) is 90.0 Å². The molecule has 2 aromatic heterocycles. The van der Waals surface area contributed by atoms with E-state index in [-0.39, 0.29) is 0 Å². The van der Waals surface area contributed by atoms with Gasteiger partial charge in [0.15, 0.2) is 11.4 Å². The molecule has 2 heterocycles. The van der Waals surface area contributed by atoms with Crippen LogP contribution in [-0.2, 0) is 6.18 Å². The van der Waals surface area contributed by atoms with Crippen LogP contribution in [0.2, 0.25) is 0 Å². The van der Waals surface area contributed by atoms with E-state index in [0.717, 1.165) is 55.7 Å². The molecule has 0 aliphatic carbocycles. The summed E-state index contributed by atoms with van der Waals surface area (Å²) < 4.78 is 45.9. The molecule has 0 fully saturated rings. The molecule has 0 saturated carbocycles. The van der Waals surface area contributed by atoms with Gasteiger partial charge in [-0.15, -0.1) is 0 Å². The van der Waals surface area contributed by atoms with E-state index in [2.05, 4.69) is 27.9 Å². The number of nitrogens with zero attached hydrogens (tertiary/aromatic N) is 7. The Hall–Kier alpha value is -8.62. The first-order valence-electron chi connectivity index (χ1n) is 18.1. The molecule has 0 radical (unpaired) electrons. The smallest absolute Gasteiger partial charge is 0.309 e. The Morgan fingerprint density at radius 1 is 0.492 bits per heavy atom. The predicted molar refractivity (Wildman–Crippen MR) is 222 cm³/mol. The summed E-state index contributed by atoms with van der Waals surface area (Å²) in [5.41, 5.74) is 8.43. The van der Waals surface area contributed by atoms with E-state index in [0.29, 0.717) is 67.3 Å². The fourth-order valence-corrected chi connectivity index (χ4v) is 8.13. The van der Waals surface area contributed by atoms with Crippen molar-refractivity contribution in [3.8, 4) is 51.8 Å². The summed E-state index contributed by atoms with van der Waals surface area (Å²) in [6.45, 7) is 17.0. The van der Waals surface area contributed by atoms with Gasteiger partial charge in [0.25, 0.3) is 0 Å². The Labute approximate surface area is 335 Å². The van der Waals surface area contributed by atoms with Gasteiger partial charge in [-0.1, -0.05) is 24.3 Å². The van der Waals surface area contributed by atoms with Gasteiger partial charge < -0.3 is 9.13 Å². The van der Waals surface area contributed by atoms with Gasteiger partial charge in [-0.2, -0.15) is 29.0 Å². The maximum atomic E-state index is 13.9. The number of alkyl halides is 3. The first kappa shape index (κ1) is 36.0. The molecule has 10 heteroatoms. The summed E-state index contributed by atoms with van der Waals surface area (Å²) in [6.07, 6.45) is -4.55. The molecule has 7 nitrogen and oxygen atoms in total. The second kappa shape index (κ2) is 13.5. The number of hydrogen-bond donors (Lipinski definition) is 0. The van der Waals surface area contributed by atoms with Gasteiger partial charge in [0.2, 0.25) is 0 Å². The number of aryl methyl sites for hydroxylation is 1. The van der Waals surface area contributed by atoms with Crippen LogP contribution in [0.15, 0.2) is 127 Å². The van der Waals surface area contributed by atoms with Gasteiger partial charge in [0.05, 0.1) is 81.4 Å². The summed E-state index contributed by atoms with van der Waals surface area (Å²) in [5, 5.41) is 32.9. The van der Waals surface area contributed by atoms with E-state index < -0.39 is 11.7 Å². The molecule has 9 rings (SSSR count). The number of nitriles is 3. The van der Waals surface area contributed by atoms with Crippen LogP contribution in [-0.4, -0.2) is 9.13 Å². The number of hydrogen-bond acceptors (Lipinski definition) is 3. The van der Waals surface area contributed by atoms with Crippen molar-refractivity contribution in [2.24, 2.45) is 0 Å². The van der Waals surface area contributed by atoms with Crippen molar-refractivity contribution in [3.63, 3.8) is 0 Å². The molecule has 7 aromatic carbocycles. The molecule has 0 aliphatic heterocycles. The van der Waals surface area contributed by atoms with E-state index in [4.69, 9.17) is 13.1 Å². The van der Waals surface area contributed by atoms with Crippen molar-refractivity contribution < 1.29 is 13.2 Å². The minimum atomic E-state index is -4.55. The predicted octanol–water partition coefficient (Wildman–Crippen LogP) is 13.3. The van der Waals surface area contributed by atoms with Crippen molar-refractivity contribution in [1.82, 2.24) is 9.13 Å². The van der Waals surface area contributed by atoms with Gasteiger partial charge in [0.1, 0.15) is 0 Å². The summed E-state index contributed by atoms with van der Waals surface area (Å²) in [7, 11) is 0. The van der Waals surface area contributed by atoms with Crippen molar-refractivity contribution in [2.45, 2.75) is 13.1 Å². The molecular weight excluding hydrogens is 744 g/mol. The lowest BCUT2D eigenvalue weighted by molar-refractivity contribution is -0.137.